The van der Waals surface area contributed by atoms with Crippen molar-refractivity contribution in [2.24, 2.45) is 0 Å². The second-order valence-electron chi connectivity index (χ2n) is 4.14. The Balaban J connectivity index is 1.78. The van der Waals surface area contributed by atoms with E-state index in [-0.39, 0.29) is 0 Å². The molecule has 1 fully saturated rings. The second-order valence-corrected chi connectivity index (χ2v) is 4.14. The zero-order chi connectivity index (χ0) is 11.2. The van der Waals surface area contributed by atoms with Gasteiger partial charge in [-0.15, -0.1) is 0 Å². The Kier molecular flexibility index (Phi) is 4.05. The van der Waals surface area contributed by atoms with Crippen LogP contribution in [0.5, 0.6) is 5.75 Å². The molecule has 0 aromatic heterocycles. The Labute approximate surface area is 96.8 Å². The molecule has 1 aromatic carbocycles. The summed E-state index contributed by atoms with van der Waals surface area (Å²) in [4.78, 5) is 0. The van der Waals surface area contributed by atoms with Gasteiger partial charge in [0, 0.05) is 18.8 Å². The van der Waals surface area contributed by atoms with Gasteiger partial charge < -0.3 is 14.8 Å². The SMILES string of the molecule is COCCOc1ccc(NC2CCC2)cc1. The van der Waals surface area contributed by atoms with Crippen LogP contribution in [0.25, 0.3) is 0 Å². The van der Waals surface area contributed by atoms with Crippen LogP contribution in [0.1, 0.15) is 19.3 Å². The first kappa shape index (κ1) is 11.3. The molecule has 0 unspecified atom stereocenters. The van der Waals surface area contributed by atoms with Crippen LogP contribution >= 0.6 is 0 Å². The lowest BCUT2D eigenvalue weighted by atomic mass is 9.93. The number of hydrogen-bond donors (Lipinski definition) is 1. The molecule has 1 aromatic rings. The molecule has 2 rings (SSSR count). The van der Waals surface area contributed by atoms with Crippen molar-refractivity contribution < 1.29 is 9.47 Å². The summed E-state index contributed by atoms with van der Waals surface area (Å²) in [5.41, 5.74) is 1.18. The first-order valence-electron chi connectivity index (χ1n) is 5.87. The molecular weight excluding hydrogens is 202 g/mol. The highest BCUT2D eigenvalue weighted by Gasteiger charge is 2.16. The molecule has 0 aliphatic heterocycles. The summed E-state index contributed by atoms with van der Waals surface area (Å²) in [5.74, 6) is 0.899. The van der Waals surface area contributed by atoms with Crippen molar-refractivity contribution >= 4 is 5.69 Å². The van der Waals surface area contributed by atoms with Crippen molar-refractivity contribution in [1.29, 1.82) is 0 Å². The Bertz CT molecular complexity index is 306. The van der Waals surface area contributed by atoms with E-state index < -0.39 is 0 Å². The average molecular weight is 221 g/mol. The molecule has 0 amide bonds. The fourth-order valence-corrected chi connectivity index (χ4v) is 1.68. The minimum absolute atomic E-state index is 0.603. The average Bonchev–Trinajstić information content (AvgIpc) is 2.26. The van der Waals surface area contributed by atoms with E-state index >= 15 is 0 Å². The largest absolute Gasteiger partial charge is 0.491 e. The van der Waals surface area contributed by atoms with Gasteiger partial charge in [-0.05, 0) is 43.5 Å². The standard InChI is InChI=1S/C13H19NO2/c1-15-9-10-16-13-7-5-12(6-8-13)14-11-3-2-4-11/h5-8,11,14H,2-4,9-10H2,1H3. The number of methoxy groups -OCH3 is 1. The summed E-state index contributed by atoms with van der Waals surface area (Å²) in [6, 6.07) is 8.81. The number of rotatable bonds is 6. The van der Waals surface area contributed by atoms with Crippen molar-refractivity contribution in [1.82, 2.24) is 0 Å². The summed E-state index contributed by atoms with van der Waals surface area (Å²) in [5, 5.41) is 3.49. The molecule has 0 spiro atoms. The van der Waals surface area contributed by atoms with Gasteiger partial charge in [0.05, 0.1) is 6.61 Å². The Morgan fingerprint density at radius 1 is 1.19 bits per heavy atom. The maximum absolute atomic E-state index is 5.49. The van der Waals surface area contributed by atoms with Crippen LogP contribution < -0.4 is 10.1 Å². The smallest absolute Gasteiger partial charge is 0.119 e. The van der Waals surface area contributed by atoms with Crippen molar-refractivity contribution in [2.75, 3.05) is 25.6 Å². The molecule has 16 heavy (non-hydrogen) atoms. The molecule has 3 nitrogen and oxygen atoms in total. The fraction of sp³-hybridized carbons (Fsp3) is 0.538. The predicted molar refractivity (Wildman–Crippen MR) is 65.1 cm³/mol. The molecule has 1 aliphatic rings. The number of nitrogens with one attached hydrogen (secondary N) is 1. The van der Waals surface area contributed by atoms with Crippen molar-refractivity contribution in [3.8, 4) is 5.75 Å². The maximum Gasteiger partial charge on any atom is 0.119 e. The lowest BCUT2D eigenvalue weighted by Crippen LogP contribution is -2.26. The minimum Gasteiger partial charge on any atom is -0.491 e. The van der Waals surface area contributed by atoms with E-state index in [4.69, 9.17) is 9.47 Å². The lowest BCUT2D eigenvalue weighted by Gasteiger charge is -2.27. The molecular formula is C13H19NO2. The molecule has 0 atom stereocenters. The minimum atomic E-state index is 0.603. The summed E-state index contributed by atoms with van der Waals surface area (Å²) < 4.78 is 10.4. The topological polar surface area (TPSA) is 30.5 Å². The highest BCUT2D eigenvalue weighted by Crippen LogP contribution is 2.24. The third-order valence-electron chi connectivity index (χ3n) is 2.89. The first-order chi connectivity index (χ1) is 7.88. The number of anilines is 1. The van der Waals surface area contributed by atoms with E-state index in [0.717, 1.165) is 5.75 Å². The third kappa shape index (κ3) is 3.14. The summed E-state index contributed by atoms with van der Waals surface area (Å²) in [7, 11) is 1.68. The number of ether oxygens (including phenoxy) is 2. The third-order valence-corrected chi connectivity index (χ3v) is 2.89. The van der Waals surface area contributed by atoms with Crippen LogP contribution in [-0.4, -0.2) is 26.4 Å². The van der Waals surface area contributed by atoms with Gasteiger partial charge in [0.25, 0.3) is 0 Å². The van der Waals surface area contributed by atoms with Gasteiger partial charge in [-0.1, -0.05) is 0 Å². The predicted octanol–water partition coefficient (Wildman–Crippen LogP) is 2.68. The maximum atomic E-state index is 5.49. The van der Waals surface area contributed by atoms with Gasteiger partial charge in [-0.25, -0.2) is 0 Å². The monoisotopic (exact) mass is 221 g/mol. The quantitative estimate of drug-likeness (QED) is 0.749. The van der Waals surface area contributed by atoms with E-state index in [1.807, 2.05) is 12.1 Å². The summed E-state index contributed by atoms with van der Waals surface area (Å²) in [6.45, 7) is 1.23. The summed E-state index contributed by atoms with van der Waals surface area (Å²) in [6.07, 6.45) is 3.95. The molecule has 0 heterocycles. The van der Waals surface area contributed by atoms with Gasteiger partial charge in [0.2, 0.25) is 0 Å². The van der Waals surface area contributed by atoms with Crippen molar-refractivity contribution in [3.05, 3.63) is 24.3 Å². The highest BCUT2D eigenvalue weighted by molar-refractivity contribution is 5.47. The van der Waals surface area contributed by atoms with E-state index in [0.29, 0.717) is 19.3 Å². The van der Waals surface area contributed by atoms with Crippen LogP contribution in [0.4, 0.5) is 5.69 Å². The molecule has 1 N–H and O–H groups in total. The van der Waals surface area contributed by atoms with E-state index in [2.05, 4.69) is 17.4 Å². The zero-order valence-electron chi connectivity index (χ0n) is 9.74. The van der Waals surface area contributed by atoms with Gasteiger partial charge in [0.1, 0.15) is 12.4 Å². The number of benzene rings is 1. The van der Waals surface area contributed by atoms with E-state index in [1.165, 1.54) is 24.9 Å². The molecule has 0 saturated heterocycles. The van der Waals surface area contributed by atoms with Crippen molar-refractivity contribution in [3.63, 3.8) is 0 Å². The van der Waals surface area contributed by atoms with E-state index in [1.54, 1.807) is 7.11 Å². The van der Waals surface area contributed by atoms with Crippen LogP contribution in [0, 0.1) is 0 Å². The Morgan fingerprint density at radius 3 is 2.50 bits per heavy atom. The Hall–Kier alpha value is -1.22. The van der Waals surface area contributed by atoms with Crippen LogP contribution in [0.2, 0.25) is 0 Å². The van der Waals surface area contributed by atoms with Crippen LogP contribution in [0.3, 0.4) is 0 Å². The molecule has 0 radical (unpaired) electrons. The normalized spacial score (nSPS) is 15.6. The van der Waals surface area contributed by atoms with Crippen LogP contribution in [-0.2, 0) is 4.74 Å². The lowest BCUT2D eigenvalue weighted by molar-refractivity contribution is 0.146. The van der Waals surface area contributed by atoms with Gasteiger partial charge in [0.15, 0.2) is 0 Å². The highest BCUT2D eigenvalue weighted by atomic mass is 16.5. The molecule has 3 heteroatoms. The second kappa shape index (κ2) is 5.75. The summed E-state index contributed by atoms with van der Waals surface area (Å²) >= 11 is 0. The van der Waals surface area contributed by atoms with E-state index in [9.17, 15) is 0 Å². The van der Waals surface area contributed by atoms with Gasteiger partial charge in [-0.3, -0.25) is 0 Å². The molecule has 0 bridgehead atoms. The Morgan fingerprint density at radius 2 is 1.94 bits per heavy atom. The van der Waals surface area contributed by atoms with Crippen molar-refractivity contribution in [2.45, 2.75) is 25.3 Å². The van der Waals surface area contributed by atoms with Gasteiger partial charge in [-0.2, -0.15) is 0 Å². The van der Waals surface area contributed by atoms with Gasteiger partial charge >= 0.3 is 0 Å². The first-order valence-corrected chi connectivity index (χ1v) is 5.87. The van der Waals surface area contributed by atoms with Crippen LogP contribution in [0.15, 0.2) is 24.3 Å². The zero-order valence-corrected chi connectivity index (χ0v) is 9.74. The molecule has 1 aliphatic carbocycles. The fourth-order valence-electron chi connectivity index (χ4n) is 1.68. The number of hydrogen-bond acceptors (Lipinski definition) is 3. The molecule has 1 saturated carbocycles. The molecule has 88 valence electrons.